The number of hydrogen-bond donors (Lipinski definition) is 3. The van der Waals surface area contributed by atoms with Gasteiger partial charge in [0.1, 0.15) is 17.3 Å². The molecule has 3 aromatic rings. The molecule has 0 saturated heterocycles. The number of halogens is 1. The van der Waals surface area contributed by atoms with Gasteiger partial charge in [-0.15, -0.1) is 0 Å². The van der Waals surface area contributed by atoms with E-state index in [9.17, 15) is 18.9 Å². The summed E-state index contributed by atoms with van der Waals surface area (Å²) in [5, 5.41) is 10.2. The van der Waals surface area contributed by atoms with E-state index in [0.717, 1.165) is 22.3 Å². The second kappa shape index (κ2) is 9.02. The third-order valence-corrected chi connectivity index (χ3v) is 5.33. The number of hydrogen-bond acceptors (Lipinski definition) is 4. The highest BCUT2D eigenvalue weighted by atomic mass is 31.2. The van der Waals surface area contributed by atoms with Crippen molar-refractivity contribution in [2.75, 3.05) is 6.35 Å². The first-order chi connectivity index (χ1) is 14.5. The molecule has 0 bridgehead atoms. The number of aryl methyl sites for hydroxylation is 2. The van der Waals surface area contributed by atoms with Crippen LogP contribution in [-0.4, -0.2) is 27.0 Å². The predicted octanol–water partition coefficient (Wildman–Crippen LogP) is 4.48. The van der Waals surface area contributed by atoms with Crippen molar-refractivity contribution < 1.29 is 33.4 Å². The van der Waals surface area contributed by atoms with Crippen LogP contribution in [0, 0.1) is 19.7 Å². The van der Waals surface area contributed by atoms with Crippen LogP contribution in [0.15, 0.2) is 54.6 Å². The molecule has 0 fully saturated rings. The van der Waals surface area contributed by atoms with Crippen LogP contribution >= 0.6 is 7.60 Å². The fourth-order valence-corrected chi connectivity index (χ4v) is 3.63. The van der Waals surface area contributed by atoms with Crippen LogP contribution in [0.3, 0.4) is 0 Å². The maximum atomic E-state index is 13.1. The monoisotopic (exact) mass is 444 g/mol. The summed E-state index contributed by atoms with van der Waals surface area (Å²) in [6, 6.07) is 13.3. The quantitative estimate of drug-likeness (QED) is 0.367. The van der Waals surface area contributed by atoms with Gasteiger partial charge in [-0.1, -0.05) is 6.07 Å². The third-order valence-electron chi connectivity index (χ3n) is 4.86. The van der Waals surface area contributed by atoms with Gasteiger partial charge in [-0.05, 0) is 91.1 Å². The van der Waals surface area contributed by atoms with E-state index in [1.165, 1.54) is 30.3 Å². The first-order valence-corrected chi connectivity index (χ1v) is 11.2. The van der Waals surface area contributed by atoms with Gasteiger partial charge in [0.25, 0.3) is 0 Å². The lowest BCUT2D eigenvalue weighted by atomic mass is 9.93. The molecule has 0 aliphatic heterocycles. The van der Waals surface area contributed by atoms with Crippen molar-refractivity contribution in [1.29, 1.82) is 0 Å². The molecule has 0 heterocycles. The standard InChI is InChI=1S/C23H22FO6P/c1-14-9-19(30-13-31(27,28)29)10-15(2)20(14)11-16-3-8-22(25)21(12-16)23(26)17-4-6-18(24)7-5-17/h3-10,12,25H,11,13H2,1-2H3,(H2,27,28,29). The molecule has 3 rings (SSSR count). The van der Waals surface area contributed by atoms with E-state index in [1.807, 2.05) is 13.8 Å². The smallest absolute Gasteiger partial charge is 0.362 e. The molecule has 3 N–H and O–H groups in total. The number of ketones is 1. The molecule has 162 valence electrons. The summed E-state index contributed by atoms with van der Waals surface area (Å²) >= 11 is 0. The fourth-order valence-electron chi connectivity index (χ4n) is 3.31. The number of carbonyl (C=O) groups is 1. The van der Waals surface area contributed by atoms with Gasteiger partial charge >= 0.3 is 7.60 Å². The molecular weight excluding hydrogens is 422 g/mol. The van der Waals surface area contributed by atoms with Gasteiger partial charge in [0, 0.05) is 5.56 Å². The molecule has 0 radical (unpaired) electrons. The average Bonchev–Trinajstić information content (AvgIpc) is 2.70. The van der Waals surface area contributed by atoms with Gasteiger partial charge in [0.05, 0.1) is 5.56 Å². The first kappa shape index (κ1) is 22.7. The van der Waals surface area contributed by atoms with Crippen LogP contribution in [0.25, 0.3) is 0 Å². The molecule has 31 heavy (non-hydrogen) atoms. The molecule has 0 aliphatic rings. The normalized spacial score (nSPS) is 11.4. The number of aromatic hydroxyl groups is 1. The summed E-state index contributed by atoms with van der Waals surface area (Å²) in [7, 11) is -4.27. The highest BCUT2D eigenvalue weighted by molar-refractivity contribution is 7.51. The van der Waals surface area contributed by atoms with Crippen molar-refractivity contribution in [2.45, 2.75) is 20.3 Å². The van der Waals surface area contributed by atoms with E-state index in [2.05, 4.69) is 0 Å². The van der Waals surface area contributed by atoms with E-state index < -0.39 is 25.5 Å². The van der Waals surface area contributed by atoms with Crippen molar-refractivity contribution in [2.24, 2.45) is 0 Å². The molecule has 0 unspecified atom stereocenters. The van der Waals surface area contributed by atoms with Gasteiger partial charge in [-0.25, -0.2) is 4.39 Å². The Hall–Kier alpha value is -2.99. The molecule has 8 heteroatoms. The zero-order valence-corrected chi connectivity index (χ0v) is 17.9. The van der Waals surface area contributed by atoms with Crippen LogP contribution in [-0.2, 0) is 11.0 Å². The van der Waals surface area contributed by atoms with Crippen LogP contribution in [0.1, 0.15) is 38.2 Å². The van der Waals surface area contributed by atoms with Crippen LogP contribution < -0.4 is 4.74 Å². The Bertz CT molecular complexity index is 1140. The Morgan fingerprint density at radius 3 is 2.19 bits per heavy atom. The van der Waals surface area contributed by atoms with Gasteiger partial charge in [-0.2, -0.15) is 0 Å². The second-order valence-corrected chi connectivity index (χ2v) is 8.93. The van der Waals surface area contributed by atoms with E-state index in [-0.39, 0.29) is 16.9 Å². The number of phenolic OH excluding ortho intramolecular Hbond substituents is 1. The molecule has 0 aliphatic carbocycles. The number of benzene rings is 3. The van der Waals surface area contributed by atoms with Crippen molar-refractivity contribution in [1.82, 2.24) is 0 Å². The number of rotatable bonds is 7. The molecule has 0 saturated carbocycles. The molecule has 0 aromatic heterocycles. The van der Waals surface area contributed by atoms with Gasteiger partial charge in [0.15, 0.2) is 12.1 Å². The third kappa shape index (κ3) is 5.79. The van der Waals surface area contributed by atoms with E-state index in [1.54, 1.807) is 24.3 Å². The minimum Gasteiger partial charge on any atom is -0.507 e. The molecule has 0 spiro atoms. The first-order valence-electron chi connectivity index (χ1n) is 9.43. The fraction of sp³-hybridized carbons (Fsp3) is 0.174. The van der Waals surface area contributed by atoms with E-state index in [4.69, 9.17) is 14.5 Å². The van der Waals surface area contributed by atoms with Crippen molar-refractivity contribution in [3.05, 3.63) is 93.8 Å². The Kier molecular flexibility index (Phi) is 6.60. The lowest BCUT2D eigenvalue weighted by molar-refractivity contribution is 0.103. The lowest BCUT2D eigenvalue weighted by Crippen LogP contribution is -2.04. The summed E-state index contributed by atoms with van der Waals surface area (Å²) in [5.74, 6) is -0.657. The van der Waals surface area contributed by atoms with Gasteiger partial charge in [0.2, 0.25) is 0 Å². The average molecular weight is 444 g/mol. The Balaban J connectivity index is 1.86. The minimum absolute atomic E-state index is 0.126. The number of carbonyl (C=O) groups excluding carboxylic acids is 1. The van der Waals surface area contributed by atoms with Crippen LogP contribution in [0.4, 0.5) is 4.39 Å². The maximum absolute atomic E-state index is 13.1. The molecule has 3 aromatic carbocycles. The highest BCUT2D eigenvalue weighted by Gasteiger charge is 2.17. The van der Waals surface area contributed by atoms with Crippen LogP contribution in [0.2, 0.25) is 0 Å². The largest absolute Gasteiger partial charge is 0.507 e. The summed E-state index contributed by atoms with van der Waals surface area (Å²) < 4.78 is 29.4. The van der Waals surface area contributed by atoms with E-state index in [0.29, 0.717) is 12.2 Å². The zero-order valence-electron chi connectivity index (χ0n) is 17.0. The number of ether oxygens (including phenoxy) is 1. The van der Waals surface area contributed by atoms with Crippen molar-refractivity contribution in [3.8, 4) is 11.5 Å². The zero-order chi connectivity index (χ0) is 22.8. The SMILES string of the molecule is Cc1cc(OCP(=O)(O)O)cc(C)c1Cc1ccc(O)c(C(=O)c2ccc(F)cc2)c1. The van der Waals surface area contributed by atoms with Crippen LogP contribution in [0.5, 0.6) is 11.5 Å². The maximum Gasteiger partial charge on any atom is 0.362 e. The molecule has 0 amide bonds. The predicted molar refractivity (Wildman–Crippen MR) is 114 cm³/mol. The summed E-state index contributed by atoms with van der Waals surface area (Å²) in [6.07, 6.45) is -0.224. The number of phenols is 1. The molecule has 6 nitrogen and oxygen atoms in total. The lowest BCUT2D eigenvalue weighted by Gasteiger charge is -2.15. The van der Waals surface area contributed by atoms with E-state index >= 15 is 0 Å². The topological polar surface area (TPSA) is 104 Å². The second-order valence-electron chi connectivity index (χ2n) is 7.34. The summed E-state index contributed by atoms with van der Waals surface area (Å²) in [6.45, 7) is 3.72. The van der Waals surface area contributed by atoms with Crippen molar-refractivity contribution >= 4 is 13.4 Å². The van der Waals surface area contributed by atoms with Gasteiger partial charge < -0.3 is 19.6 Å². The molecule has 0 atom stereocenters. The summed E-state index contributed by atoms with van der Waals surface area (Å²) in [5.41, 5.74) is 3.88. The van der Waals surface area contributed by atoms with Crippen molar-refractivity contribution in [3.63, 3.8) is 0 Å². The van der Waals surface area contributed by atoms with Gasteiger partial charge in [-0.3, -0.25) is 9.36 Å². The molecular formula is C23H22FO6P. The summed E-state index contributed by atoms with van der Waals surface area (Å²) in [4.78, 5) is 30.7. The highest BCUT2D eigenvalue weighted by Crippen LogP contribution is 2.35. The Labute approximate surface area is 179 Å². The Morgan fingerprint density at radius 2 is 1.61 bits per heavy atom. The minimum atomic E-state index is -4.27. The Morgan fingerprint density at radius 1 is 1.00 bits per heavy atom.